The molecule has 0 unspecified atom stereocenters. The number of carbonyl (C=O) groups excluding carboxylic acids is 2. The van der Waals surface area contributed by atoms with Crippen LogP contribution in [-0.2, 0) is 9.59 Å². The van der Waals surface area contributed by atoms with Crippen LogP contribution in [0.5, 0.6) is 0 Å². The maximum Gasteiger partial charge on any atom is 0.238 e. The van der Waals surface area contributed by atoms with Crippen molar-refractivity contribution in [1.29, 1.82) is 0 Å². The van der Waals surface area contributed by atoms with Crippen LogP contribution in [0.3, 0.4) is 0 Å². The number of aryl methyl sites for hydroxylation is 2. The summed E-state index contributed by atoms with van der Waals surface area (Å²) in [5.74, 6) is -0.206. The van der Waals surface area contributed by atoms with Gasteiger partial charge in [0.25, 0.3) is 0 Å². The number of piperazine rings is 1. The lowest BCUT2D eigenvalue weighted by Crippen LogP contribution is -2.49. The van der Waals surface area contributed by atoms with E-state index in [1.165, 1.54) is 0 Å². The van der Waals surface area contributed by atoms with Crippen LogP contribution in [0, 0.1) is 13.8 Å². The summed E-state index contributed by atoms with van der Waals surface area (Å²) in [7, 11) is 0. The summed E-state index contributed by atoms with van der Waals surface area (Å²) in [6.07, 6.45) is 0. The number of hydrogen-bond acceptors (Lipinski definition) is 3. The summed E-state index contributed by atoms with van der Waals surface area (Å²) in [6.45, 7) is 5.57. The third kappa shape index (κ3) is 3.71. The van der Waals surface area contributed by atoms with Gasteiger partial charge in [0.1, 0.15) is 0 Å². The fourth-order valence-corrected chi connectivity index (χ4v) is 2.65. The van der Waals surface area contributed by atoms with Crippen LogP contribution < -0.4 is 10.6 Å². The maximum atomic E-state index is 12.0. The first-order valence-corrected chi connectivity index (χ1v) is 6.89. The molecule has 20 heavy (non-hydrogen) atoms. The number of rotatable bonds is 3. The summed E-state index contributed by atoms with van der Waals surface area (Å²) in [4.78, 5) is 25.1. The van der Waals surface area contributed by atoms with E-state index in [0.29, 0.717) is 23.8 Å². The molecule has 1 saturated heterocycles. The molecule has 1 heterocycles. The highest BCUT2D eigenvalue weighted by molar-refractivity contribution is 6.34. The predicted molar refractivity (Wildman–Crippen MR) is 79.0 cm³/mol. The first kappa shape index (κ1) is 14.8. The van der Waals surface area contributed by atoms with Crippen molar-refractivity contribution in [3.05, 3.63) is 28.3 Å². The van der Waals surface area contributed by atoms with Crippen LogP contribution in [-0.4, -0.2) is 42.9 Å². The number of amides is 2. The molecule has 1 aromatic carbocycles. The topological polar surface area (TPSA) is 61.4 Å². The number of benzene rings is 1. The van der Waals surface area contributed by atoms with Crippen molar-refractivity contribution in [3.63, 3.8) is 0 Å². The summed E-state index contributed by atoms with van der Waals surface area (Å²) < 4.78 is 0. The standard InChI is InChI=1S/C14H18ClN3O2/c1-9-5-10(2)14(11(15)6-9)17-13(20)8-18-4-3-16-12(19)7-18/h5-6H,3-4,7-8H2,1-2H3,(H,16,19)(H,17,20). The van der Waals surface area contributed by atoms with E-state index in [9.17, 15) is 9.59 Å². The molecule has 108 valence electrons. The summed E-state index contributed by atoms with van der Waals surface area (Å²) in [6, 6.07) is 3.79. The minimum atomic E-state index is -0.159. The lowest BCUT2D eigenvalue weighted by molar-refractivity contribution is -0.125. The maximum absolute atomic E-state index is 12.0. The minimum absolute atomic E-state index is 0.0476. The SMILES string of the molecule is Cc1cc(C)c(NC(=O)CN2CCNC(=O)C2)c(Cl)c1. The highest BCUT2D eigenvalue weighted by Gasteiger charge is 2.19. The molecule has 0 spiro atoms. The highest BCUT2D eigenvalue weighted by atomic mass is 35.5. The molecule has 5 nitrogen and oxygen atoms in total. The largest absolute Gasteiger partial charge is 0.354 e. The molecule has 1 fully saturated rings. The number of nitrogens with zero attached hydrogens (tertiary/aromatic N) is 1. The van der Waals surface area contributed by atoms with Gasteiger partial charge in [-0.3, -0.25) is 14.5 Å². The van der Waals surface area contributed by atoms with Gasteiger partial charge in [0, 0.05) is 13.1 Å². The fourth-order valence-electron chi connectivity index (χ4n) is 2.28. The zero-order valence-electron chi connectivity index (χ0n) is 11.6. The van der Waals surface area contributed by atoms with Gasteiger partial charge in [-0.15, -0.1) is 0 Å². The Morgan fingerprint density at radius 1 is 1.45 bits per heavy atom. The van der Waals surface area contributed by atoms with E-state index >= 15 is 0 Å². The van der Waals surface area contributed by atoms with Gasteiger partial charge < -0.3 is 10.6 Å². The van der Waals surface area contributed by atoms with Crippen molar-refractivity contribution < 1.29 is 9.59 Å². The van der Waals surface area contributed by atoms with Crippen molar-refractivity contribution in [2.24, 2.45) is 0 Å². The predicted octanol–water partition coefficient (Wildman–Crippen LogP) is 1.33. The van der Waals surface area contributed by atoms with Crippen molar-refractivity contribution in [1.82, 2.24) is 10.2 Å². The Hall–Kier alpha value is -1.59. The van der Waals surface area contributed by atoms with E-state index in [4.69, 9.17) is 11.6 Å². The van der Waals surface area contributed by atoms with Crippen LogP contribution in [0.15, 0.2) is 12.1 Å². The average Bonchev–Trinajstić information content (AvgIpc) is 2.33. The molecule has 1 aliphatic rings. The molecule has 0 bridgehead atoms. The van der Waals surface area contributed by atoms with E-state index < -0.39 is 0 Å². The van der Waals surface area contributed by atoms with Crippen LogP contribution in [0.25, 0.3) is 0 Å². The van der Waals surface area contributed by atoms with E-state index in [0.717, 1.165) is 11.1 Å². The van der Waals surface area contributed by atoms with Gasteiger partial charge in [0.15, 0.2) is 0 Å². The van der Waals surface area contributed by atoms with Crippen LogP contribution >= 0.6 is 11.6 Å². The second kappa shape index (κ2) is 6.24. The molecular weight excluding hydrogens is 278 g/mol. The second-order valence-corrected chi connectivity index (χ2v) is 5.45. The van der Waals surface area contributed by atoms with E-state index in [-0.39, 0.29) is 24.9 Å². The monoisotopic (exact) mass is 295 g/mol. The molecule has 6 heteroatoms. The lowest BCUT2D eigenvalue weighted by Gasteiger charge is -2.25. The number of anilines is 1. The lowest BCUT2D eigenvalue weighted by atomic mass is 10.1. The minimum Gasteiger partial charge on any atom is -0.354 e. The Kier molecular flexibility index (Phi) is 4.62. The number of hydrogen-bond donors (Lipinski definition) is 2. The number of halogens is 1. The van der Waals surface area contributed by atoms with Gasteiger partial charge in [-0.1, -0.05) is 17.7 Å². The molecule has 2 rings (SSSR count). The Morgan fingerprint density at radius 3 is 2.85 bits per heavy atom. The van der Waals surface area contributed by atoms with Crippen molar-refractivity contribution in [2.45, 2.75) is 13.8 Å². The van der Waals surface area contributed by atoms with Crippen molar-refractivity contribution in [3.8, 4) is 0 Å². The van der Waals surface area contributed by atoms with Crippen molar-refractivity contribution in [2.75, 3.05) is 31.5 Å². The van der Waals surface area contributed by atoms with E-state index in [1.807, 2.05) is 30.9 Å². The van der Waals surface area contributed by atoms with Gasteiger partial charge in [-0.2, -0.15) is 0 Å². The number of nitrogens with one attached hydrogen (secondary N) is 2. The zero-order valence-corrected chi connectivity index (χ0v) is 12.4. The van der Waals surface area contributed by atoms with Crippen LogP contribution in [0.2, 0.25) is 5.02 Å². The quantitative estimate of drug-likeness (QED) is 0.884. The molecule has 2 amide bonds. The Morgan fingerprint density at radius 2 is 2.20 bits per heavy atom. The van der Waals surface area contributed by atoms with Gasteiger partial charge in [-0.05, 0) is 31.0 Å². The van der Waals surface area contributed by atoms with Crippen LogP contribution in [0.4, 0.5) is 5.69 Å². The first-order valence-electron chi connectivity index (χ1n) is 6.51. The fraction of sp³-hybridized carbons (Fsp3) is 0.429. The Labute approximate surface area is 123 Å². The van der Waals surface area contributed by atoms with Gasteiger partial charge >= 0.3 is 0 Å². The molecule has 1 aromatic rings. The molecule has 0 aromatic heterocycles. The van der Waals surface area contributed by atoms with Crippen LogP contribution in [0.1, 0.15) is 11.1 Å². The Balaban J connectivity index is 1.99. The zero-order chi connectivity index (χ0) is 14.7. The second-order valence-electron chi connectivity index (χ2n) is 5.05. The van der Waals surface area contributed by atoms with E-state index in [1.54, 1.807) is 0 Å². The number of carbonyl (C=O) groups is 2. The first-order chi connectivity index (χ1) is 9.45. The molecule has 2 N–H and O–H groups in total. The van der Waals surface area contributed by atoms with Crippen molar-refractivity contribution >= 4 is 29.1 Å². The molecular formula is C14H18ClN3O2. The molecule has 1 aliphatic heterocycles. The smallest absolute Gasteiger partial charge is 0.238 e. The molecule has 0 aliphatic carbocycles. The molecule has 0 saturated carbocycles. The normalized spacial score (nSPS) is 15.8. The van der Waals surface area contributed by atoms with Gasteiger partial charge in [-0.25, -0.2) is 0 Å². The summed E-state index contributed by atoms with van der Waals surface area (Å²) >= 11 is 6.15. The van der Waals surface area contributed by atoms with E-state index in [2.05, 4.69) is 10.6 Å². The highest BCUT2D eigenvalue weighted by Crippen LogP contribution is 2.27. The molecule has 0 radical (unpaired) electrons. The average molecular weight is 296 g/mol. The summed E-state index contributed by atoms with van der Waals surface area (Å²) in [5.41, 5.74) is 2.63. The third-order valence-electron chi connectivity index (χ3n) is 3.18. The van der Waals surface area contributed by atoms with Gasteiger partial charge in [0.05, 0.1) is 23.8 Å². The Bertz CT molecular complexity index is 522. The molecule has 0 atom stereocenters. The van der Waals surface area contributed by atoms with Gasteiger partial charge in [0.2, 0.25) is 11.8 Å². The summed E-state index contributed by atoms with van der Waals surface area (Å²) in [5, 5.41) is 6.08. The third-order valence-corrected chi connectivity index (χ3v) is 3.48.